The van der Waals surface area contributed by atoms with Crippen molar-refractivity contribution in [1.82, 2.24) is 4.98 Å². The molecule has 1 aliphatic heterocycles. The van der Waals surface area contributed by atoms with Crippen molar-refractivity contribution >= 4 is 5.78 Å². The van der Waals surface area contributed by atoms with Crippen LogP contribution in [0.2, 0.25) is 0 Å². The molecule has 37 heavy (non-hydrogen) atoms. The summed E-state index contributed by atoms with van der Waals surface area (Å²) in [4.78, 5) is 17.2. The molecule has 3 aromatic rings. The average Bonchev–Trinajstić information content (AvgIpc) is 3.55. The quantitative estimate of drug-likeness (QED) is 0.397. The van der Waals surface area contributed by atoms with Gasteiger partial charge in [0.25, 0.3) is 0 Å². The first-order valence-electron chi connectivity index (χ1n) is 10.9. The minimum Gasteiger partial charge on any atom is -0.395 e. The number of pyridine rings is 1. The van der Waals surface area contributed by atoms with E-state index in [1.807, 2.05) is 0 Å². The van der Waals surface area contributed by atoms with Crippen molar-refractivity contribution in [2.45, 2.75) is 43.5 Å². The molecule has 0 spiro atoms. The second kappa shape index (κ2) is 8.44. The number of carbonyl (C=O) groups is 1. The minimum absolute atomic E-state index is 0.0402. The van der Waals surface area contributed by atoms with Gasteiger partial charge in [0.2, 0.25) is 6.36 Å². The summed E-state index contributed by atoms with van der Waals surface area (Å²) in [6.45, 7) is 0. The van der Waals surface area contributed by atoms with Crippen LogP contribution < -0.4 is 9.47 Å². The predicted molar refractivity (Wildman–Crippen MR) is 113 cm³/mol. The van der Waals surface area contributed by atoms with Gasteiger partial charge in [0, 0.05) is 23.2 Å². The lowest BCUT2D eigenvalue weighted by Crippen LogP contribution is -2.26. The summed E-state index contributed by atoms with van der Waals surface area (Å²) in [6, 6.07) is 8.11. The summed E-state index contributed by atoms with van der Waals surface area (Å²) >= 11 is 0. The van der Waals surface area contributed by atoms with Crippen LogP contribution in [0.15, 0.2) is 48.5 Å². The van der Waals surface area contributed by atoms with Gasteiger partial charge in [0.15, 0.2) is 11.5 Å². The number of aromatic nitrogens is 1. The summed E-state index contributed by atoms with van der Waals surface area (Å²) in [5, 5.41) is 8.95. The molecule has 194 valence electrons. The van der Waals surface area contributed by atoms with Gasteiger partial charge >= 0.3 is 12.5 Å². The topological polar surface area (TPSA) is 68.7 Å². The van der Waals surface area contributed by atoms with Gasteiger partial charge in [-0.15, -0.1) is 8.78 Å². The van der Waals surface area contributed by atoms with Crippen molar-refractivity contribution in [3.8, 4) is 22.8 Å². The zero-order valence-corrected chi connectivity index (χ0v) is 18.6. The van der Waals surface area contributed by atoms with Gasteiger partial charge in [-0.2, -0.15) is 13.2 Å². The molecule has 1 atom stereocenters. The van der Waals surface area contributed by atoms with Crippen LogP contribution in [0.25, 0.3) is 11.3 Å². The Bertz CT molecular complexity index is 1400. The number of fused-ring (bicyclic) bond motifs is 1. The van der Waals surface area contributed by atoms with Crippen LogP contribution in [0.1, 0.15) is 41.6 Å². The van der Waals surface area contributed by atoms with Crippen LogP contribution in [-0.4, -0.2) is 22.2 Å². The summed E-state index contributed by atoms with van der Waals surface area (Å²) < 4.78 is 104. The molecular formula is C25H16F7NO4. The molecule has 2 heterocycles. The number of hydrogen-bond donors (Lipinski definition) is 1. The molecule has 0 bridgehead atoms. The molecule has 0 saturated heterocycles. The van der Waals surface area contributed by atoms with E-state index in [-0.39, 0.29) is 29.2 Å². The Morgan fingerprint density at radius 3 is 2.35 bits per heavy atom. The molecular weight excluding hydrogens is 511 g/mol. The number of halogens is 7. The number of aliphatic hydroxyl groups excluding tert-OH is 1. The number of nitrogens with zero attached hydrogens (tertiary/aromatic N) is 1. The van der Waals surface area contributed by atoms with E-state index in [1.54, 1.807) is 0 Å². The van der Waals surface area contributed by atoms with E-state index in [9.17, 15) is 35.5 Å². The van der Waals surface area contributed by atoms with E-state index in [4.69, 9.17) is 5.11 Å². The summed E-state index contributed by atoms with van der Waals surface area (Å²) in [7, 11) is 0. The minimum atomic E-state index is -4.87. The zero-order valence-electron chi connectivity index (χ0n) is 18.6. The number of ketones is 1. The van der Waals surface area contributed by atoms with E-state index in [0.29, 0.717) is 30.5 Å². The summed E-state index contributed by atoms with van der Waals surface area (Å²) in [5.41, 5.74) is -3.65. The van der Waals surface area contributed by atoms with Crippen molar-refractivity contribution in [1.29, 1.82) is 0 Å². The first-order chi connectivity index (χ1) is 17.3. The Kier molecular flexibility index (Phi) is 5.70. The number of ether oxygens (including phenoxy) is 2. The van der Waals surface area contributed by atoms with E-state index in [1.165, 1.54) is 18.2 Å². The fraction of sp³-hybridized carbons (Fsp3) is 0.280. The third-order valence-electron chi connectivity index (χ3n) is 6.37. The number of benzene rings is 2. The van der Waals surface area contributed by atoms with E-state index in [2.05, 4.69) is 14.5 Å². The molecule has 1 aliphatic carbocycles. The van der Waals surface area contributed by atoms with Crippen molar-refractivity contribution in [3.05, 3.63) is 76.7 Å². The highest BCUT2D eigenvalue weighted by atomic mass is 19.4. The van der Waals surface area contributed by atoms with Crippen molar-refractivity contribution < 1.29 is 50.1 Å². The number of aliphatic hydroxyl groups is 1. The molecule has 5 nitrogen and oxygen atoms in total. The molecule has 1 unspecified atom stereocenters. The lowest BCUT2D eigenvalue weighted by Gasteiger charge is -2.17. The maximum atomic E-state index is 14.2. The number of Topliss-reactive ketones (excluding diaryl/α,β-unsaturated/α-hetero) is 1. The Balaban J connectivity index is 1.46. The summed E-state index contributed by atoms with van der Waals surface area (Å²) in [6.07, 6.45) is -11.0. The maximum absolute atomic E-state index is 14.2. The molecule has 2 aromatic carbocycles. The van der Waals surface area contributed by atoms with Gasteiger partial charge < -0.3 is 14.6 Å². The standard InChI is InChI=1S/C25H16F7NO4/c26-17-9-12(1-4-15(17)22(27)35)21-16(24(28,29)30)5-3-14(33-21)11-20(34)23(7-8-23)13-2-6-18-19(10-13)37-25(31,32)36-18/h1-6,9-10,22,35H,7-8,11H2. The molecule has 0 amide bonds. The first-order valence-corrected chi connectivity index (χ1v) is 10.9. The van der Waals surface area contributed by atoms with Gasteiger partial charge in [0.1, 0.15) is 11.6 Å². The van der Waals surface area contributed by atoms with Crippen LogP contribution in [0, 0.1) is 5.82 Å². The van der Waals surface area contributed by atoms with Gasteiger partial charge in [-0.05, 0) is 48.7 Å². The fourth-order valence-corrected chi connectivity index (χ4v) is 4.35. The van der Waals surface area contributed by atoms with Crippen LogP contribution in [0.3, 0.4) is 0 Å². The lowest BCUT2D eigenvalue weighted by molar-refractivity contribution is -0.286. The smallest absolute Gasteiger partial charge is 0.395 e. The zero-order chi connectivity index (χ0) is 26.8. The Morgan fingerprint density at radius 1 is 1.03 bits per heavy atom. The van der Waals surface area contributed by atoms with Gasteiger partial charge in [-0.1, -0.05) is 18.2 Å². The normalized spacial score (nSPS) is 17.9. The fourth-order valence-electron chi connectivity index (χ4n) is 4.35. The molecule has 1 saturated carbocycles. The van der Waals surface area contributed by atoms with Crippen molar-refractivity contribution in [2.24, 2.45) is 0 Å². The number of hydrogen-bond acceptors (Lipinski definition) is 5. The molecule has 1 fully saturated rings. The number of alkyl halides is 6. The Labute approximate surface area is 204 Å². The predicted octanol–water partition coefficient (Wildman–Crippen LogP) is 6.03. The van der Waals surface area contributed by atoms with E-state index in [0.717, 1.165) is 18.2 Å². The lowest BCUT2D eigenvalue weighted by atomic mass is 9.88. The molecule has 0 radical (unpaired) electrons. The van der Waals surface area contributed by atoms with E-state index < -0.39 is 52.7 Å². The maximum Gasteiger partial charge on any atom is 0.586 e. The monoisotopic (exact) mass is 527 g/mol. The van der Waals surface area contributed by atoms with Crippen LogP contribution in [-0.2, 0) is 22.8 Å². The molecule has 12 heteroatoms. The Morgan fingerprint density at radius 2 is 1.73 bits per heavy atom. The SMILES string of the molecule is O=C(Cc1ccc(C(F)(F)F)c(-c2ccc(C(O)F)c(F)c2)n1)C1(c2ccc3c(c2)OC(F)(F)O3)CC1. The van der Waals surface area contributed by atoms with Gasteiger partial charge in [-0.3, -0.25) is 9.78 Å². The van der Waals surface area contributed by atoms with Gasteiger partial charge in [-0.25, -0.2) is 8.78 Å². The highest BCUT2D eigenvalue weighted by Gasteiger charge is 2.52. The molecule has 1 N–H and O–H groups in total. The molecule has 1 aromatic heterocycles. The molecule has 2 aliphatic rings. The largest absolute Gasteiger partial charge is 0.586 e. The van der Waals surface area contributed by atoms with Crippen LogP contribution >= 0.6 is 0 Å². The van der Waals surface area contributed by atoms with Crippen molar-refractivity contribution in [2.75, 3.05) is 0 Å². The van der Waals surface area contributed by atoms with Crippen LogP contribution in [0.4, 0.5) is 30.7 Å². The number of rotatable bonds is 6. The summed E-state index contributed by atoms with van der Waals surface area (Å²) in [5.74, 6) is -2.10. The average molecular weight is 527 g/mol. The highest BCUT2D eigenvalue weighted by Crippen LogP contribution is 2.52. The third-order valence-corrected chi connectivity index (χ3v) is 6.37. The Hall–Kier alpha value is -3.67. The molecule has 5 rings (SSSR count). The van der Waals surface area contributed by atoms with E-state index >= 15 is 0 Å². The first kappa shape index (κ1) is 25.0. The van der Waals surface area contributed by atoms with Crippen LogP contribution in [0.5, 0.6) is 11.5 Å². The van der Waals surface area contributed by atoms with Crippen molar-refractivity contribution in [3.63, 3.8) is 0 Å². The highest BCUT2D eigenvalue weighted by molar-refractivity contribution is 5.94. The second-order valence-electron chi connectivity index (χ2n) is 8.78. The number of carbonyl (C=O) groups excluding carboxylic acids is 1. The third kappa shape index (κ3) is 4.61. The van der Waals surface area contributed by atoms with Gasteiger partial charge in [0.05, 0.1) is 16.7 Å². The second-order valence-corrected chi connectivity index (χ2v) is 8.78.